The zero-order chi connectivity index (χ0) is 18.0. The average molecular weight is 365 g/mol. The summed E-state index contributed by atoms with van der Waals surface area (Å²) in [6.07, 6.45) is 0. The van der Waals surface area contributed by atoms with Crippen molar-refractivity contribution in [3.63, 3.8) is 0 Å². The number of benzene rings is 1. The van der Waals surface area contributed by atoms with Crippen molar-refractivity contribution in [1.82, 2.24) is 9.29 Å². The first-order valence-corrected chi connectivity index (χ1v) is 9.39. The smallest absolute Gasteiger partial charge is 0.243 e. The maximum absolute atomic E-state index is 13.3. The van der Waals surface area contributed by atoms with Gasteiger partial charge in [-0.3, -0.25) is 0 Å². The molecule has 3 rings (SSSR count). The maximum Gasteiger partial charge on any atom is 0.243 e. The monoisotopic (exact) mass is 365 g/mol. The molecule has 0 radical (unpaired) electrons. The summed E-state index contributed by atoms with van der Waals surface area (Å²) < 4.78 is 45.5. The minimum Gasteiger partial charge on any atom is -0.497 e. The van der Waals surface area contributed by atoms with Crippen molar-refractivity contribution in [2.75, 3.05) is 31.6 Å². The minimum absolute atomic E-state index is 0.115. The van der Waals surface area contributed by atoms with E-state index in [1.165, 1.54) is 17.5 Å². The molecule has 134 valence electrons. The lowest BCUT2D eigenvalue weighted by molar-refractivity contribution is 0.340. The number of rotatable bonds is 4. The topological polar surface area (TPSA) is 62.7 Å². The van der Waals surface area contributed by atoms with Crippen LogP contribution in [0.5, 0.6) is 5.75 Å². The lowest BCUT2D eigenvalue weighted by Gasteiger charge is -2.39. The van der Waals surface area contributed by atoms with Gasteiger partial charge >= 0.3 is 0 Å². The van der Waals surface area contributed by atoms with Gasteiger partial charge in [0.15, 0.2) is 0 Å². The van der Waals surface area contributed by atoms with E-state index in [0.717, 1.165) is 0 Å². The summed E-state index contributed by atoms with van der Waals surface area (Å²) >= 11 is 0. The SMILES string of the molecule is COc1ccc(S(=O)(=O)N2CCN(c3cccc(F)n3)C(C)C2)cc1. The fourth-order valence-electron chi connectivity index (χ4n) is 2.94. The van der Waals surface area contributed by atoms with Crippen LogP contribution in [0.4, 0.5) is 10.2 Å². The third-order valence-electron chi connectivity index (χ3n) is 4.28. The Bertz CT molecular complexity index is 842. The van der Waals surface area contributed by atoms with E-state index < -0.39 is 16.0 Å². The van der Waals surface area contributed by atoms with Gasteiger partial charge in [0.25, 0.3) is 0 Å². The molecule has 0 saturated carbocycles. The zero-order valence-corrected chi connectivity index (χ0v) is 14.9. The molecular formula is C17H20FN3O3S. The van der Waals surface area contributed by atoms with Crippen molar-refractivity contribution in [2.45, 2.75) is 17.9 Å². The van der Waals surface area contributed by atoms with Gasteiger partial charge in [-0.05, 0) is 43.3 Å². The highest BCUT2D eigenvalue weighted by atomic mass is 32.2. The van der Waals surface area contributed by atoms with Crippen molar-refractivity contribution in [1.29, 1.82) is 0 Å². The first-order chi connectivity index (χ1) is 11.9. The van der Waals surface area contributed by atoms with Gasteiger partial charge in [0.2, 0.25) is 16.0 Å². The summed E-state index contributed by atoms with van der Waals surface area (Å²) in [5.41, 5.74) is 0. The van der Waals surface area contributed by atoms with Crippen molar-refractivity contribution in [3.8, 4) is 5.75 Å². The highest BCUT2D eigenvalue weighted by molar-refractivity contribution is 7.89. The Morgan fingerprint density at radius 3 is 2.48 bits per heavy atom. The molecule has 1 unspecified atom stereocenters. The molecule has 0 bridgehead atoms. The molecule has 1 aromatic carbocycles. The third-order valence-corrected chi connectivity index (χ3v) is 6.16. The Morgan fingerprint density at radius 1 is 1.16 bits per heavy atom. The molecule has 1 aromatic heterocycles. The quantitative estimate of drug-likeness (QED) is 0.777. The van der Waals surface area contributed by atoms with Crippen LogP contribution in [0.1, 0.15) is 6.92 Å². The predicted molar refractivity (Wildman–Crippen MR) is 92.8 cm³/mol. The lowest BCUT2D eigenvalue weighted by Crippen LogP contribution is -2.53. The zero-order valence-electron chi connectivity index (χ0n) is 14.1. The number of methoxy groups -OCH3 is 1. The van der Waals surface area contributed by atoms with Crippen LogP contribution in [0, 0.1) is 5.95 Å². The Hall–Kier alpha value is -2.19. The van der Waals surface area contributed by atoms with Gasteiger partial charge in [0, 0.05) is 25.7 Å². The number of hydrogen-bond donors (Lipinski definition) is 0. The van der Waals surface area contributed by atoms with Crippen molar-refractivity contribution < 1.29 is 17.5 Å². The number of anilines is 1. The van der Waals surface area contributed by atoms with E-state index >= 15 is 0 Å². The van der Waals surface area contributed by atoms with E-state index in [-0.39, 0.29) is 10.9 Å². The molecule has 25 heavy (non-hydrogen) atoms. The molecule has 1 aliphatic rings. The molecule has 1 aliphatic heterocycles. The third kappa shape index (κ3) is 3.59. The number of sulfonamides is 1. The molecule has 0 aliphatic carbocycles. The molecule has 0 amide bonds. The van der Waals surface area contributed by atoms with Crippen LogP contribution < -0.4 is 9.64 Å². The summed E-state index contributed by atoms with van der Waals surface area (Å²) in [6.45, 7) is 2.98. The predicted octanol–water partition coefficient (Wildman–Crippen LogP) is 2.13. The molecule has 2 heterocycles. The van der Waals surface area contributed by atoms with Gasteiger partial charge in [0.1, 0.15) is 11.6 Å². The highest BCUT2D eigenvalue weighted by Gasteiger charge is 2.32. The second kappa shape index (κ2) is 6.97. The maximum atomic E-state index is 13.3. The van der Waals surface area contributed by atoms with Crippen molar-refractivity contribution in [2.24, 2.45) is 0 Å². The van der Waals surface area contributed by atoms with E-state index in [0.29, 0.717) is 31.2 Å². The molecule has 8 heteroatoms. The summed E-state index contributed by atoms with van der Waals surface area (Å²) in [4.78, 5) is 6.04. The molecule has 6 nitrogen and oxygen atoms in total. The summed E-state index contributed by atoms with van der Waals surface area (Å²) in [5, 5.41) is 0. The number of nitrogens with zero attached hydrogens (tertiary/aromatic N) is 3. The Kier molecular flexibility index (Phi) is 4.91. The van der Waals surface area contributed by atoms with Gasteiger partial charge in [0.05, 0.1) is 12.0 Å². The number of halogens is 1. The summed E-state index contributed by atoms with van der Waals surface area (Å²) in [5.74, 6) is 0.585. The largest absolute Gasteiger partial charge is 0.497 e. The molecule has 0 N–H and O–H groups in total. The number of piperazine rings is 1. The summed E-state index contributed by atoms with van der Waals surface area (Å²) in [7, 11) is -2.04. The lowest BCUT2D eigenvalue weighted by atomic mass is 10.2. The van der Waals surface area contributed by atoms with E-state index in [1.807, 2.05) is 11.8 Å². The van der Waals surface area contributed by atoms with Crippen LogP contribution in [0.15, 0.2) is 47.4 Å². The molecule has 2 aromatic rings. The Labute approximate surface area is 146 Å². The first-order valence-electron chi connectivity index (χ1n) is 7.95. The normalized spacial score (nSPS) is 19.0. The standard InChI is InChI=1S/C17H20FN3O3S/c1-13-12-20(10-11-21(13)17-5-3-4-16(18)19-17)25(22,23)15-8-6-14(24-2)7-9-15/h3-9,13H,10-12H2,1-2H3. The van der Waals surface area contributed by atoms with E-state index in [9.17, 15) is 12.8 Å². The van der Waals surface area contributed by atoms with Crippen LogP contribution in [-0.2, 0) is 10.0 Å². The molecular weight excluding hydrogens is 345 g/mol. The van der Waals surface area contributed by atoms with Crippen LogP contribution >= 0.6 is 0 Å². The van der Waals surface area contributed by atoms with E-state index in [4.69, 9.17) is 4.74 Å². The van der Waals surface area contributed by atoms with Crippen molar-refractivity contribution in [3.05, 3.63) is 48.4 Å². The number of ether oxygens (including phenoxy) is 1. The second-order valence-corrected chi connectivity index (χ2v) is 7.84. The first kappa shape index (κ1) is 17.6. The van der Waals surface area contributed by atoms with Gasteiger partial charge in [-0.2, -0.15) is 8.70 Å². The fourth-order valence-corrected chi connectivity index (χ4v) is 4.45. The van der Waals surface area contributed by atoms with Gasteiger partial charge in [-0.1, -0.05) is 6.07 Å². The Morgan fingerprint density at radius 2 is 1.88 bits per heavy atom. The summed E-state index contributed by atoms with van der Waals surface area (Å²) in [6, 6.07) is 10.8. The van der Waals surface area contributed by atoms with Crippen molar-refractivity contribution >= 4 is 15.8 Å². The molecule has 0 spiro atoms. The number of aromatic nitrogens is 1. The van der Waals surface area contributed by atoms with Gasteiger partial charge < -0.3 is 9.64 Å². The molecule has 1 atom stereocenters. The van der Waals surface area contributed by atoms with Crippen LogP contribution in [0.25, 0.3) is 0 Å². The average Bonchev–Trinajstić information content (AvgIpc) is 2.61. The van der Waals surface area contributed by atoms with E-state index in [1.54, 1.807) is 36.4 Å². The fraction of sp³-hybridized carbons (Fsp3) is 0.353. The van der Waals surface area contributed by atoms with E-state index in [2.05, 4.69) is 4.98 Å². The minimum atomic E-state index is -3.58. The highest BCUT2D eigenvalue weighted by Crippen LogP contribution is 2.24. The van der Waals surface area contributed by atoms with Crippen LogP contribution in [0.3, 0.4) is 0 Å². The molecule has 1 fully saturated rings. The van der Waals surface area contributed by atoms with Gasteiger partial charge in [-0.25, -0.2) is 13.4 Å². The number of pyridine rings is 1. The van der Waals surface area contributed by atoms with Gasteiger partial charge in [-0.15, -0.1) is 0 Å². The second-order valence-electron chi connectivity index (χ2n) is 5.90. The Balaban J connectivity index is 1.77. The molecule has 1 saturated heterocycles. The number of hydrogen-bond acceptors (Lipinski definition) is 5. The van der Waals surface area contributed by atoms with Crippen LogP contribution in [-0.4, -0.2) is 50.5 Å². The van der Waals surface area contributed by atoms with Crippen LogP contribution in [0.2, 0.25) is 0 Å².